The zero-order valence-electron chi connectivity index (χ0n) is 15.6. The van der Waals surface area contributed by atoms with E-state index in [-0.39, 0.29) is 0 Å². The standard InChI is InChI=1S/C23H21ClN4/c24-22-18(16-27-13-7-8-14-27)15-20-21(17-9-3-1-4-10-17)26-28(23(20)25-22)19-11-5-2-6-12-19/h1-6,9-12,15H,7-8,13-14,16H2. The highest BCUT2D eigenvalue weighted by molar-refractivity contribution is 6.30. The van der Waals surface area contributed by atoms with Crippen LogP contribution in [0.4, 0.5) is 0 Å². The molecule has 0 atom stereocenters. The molecule has 0 unspecified atom stereocenters. The van der Waals surface area contributed by atoms with E-state index in [0.29, 0.717) is 5.15 Å². The van der Waals surface area contributed by atoms with Gasteiger partial charge in [-0.1, -0.05) is 60.1 Å². The van der Waals surface area contributed by atoms with E-state index in [1.165, 1.54) is 12.8 Å². The van der Waals surface area contributed by atoms with E-state index in [4.69, 9.17) is 21.7 Å². The molecule has 2 aromatic heterocycles. The molecule has 4 nitrogen and oxygen atoms in total. The van der Waals surface area contributed by atoms with Crippen LogP contribution in [0.5, 0.6) is 0 Å². The normalized spacial score (nSPS) is 14.8. The van der Waals surface area contributed by atoms with Gasteiger partial charge in [-0.2, -0.15) is 5.10 Å². The topological polar surface area (TPSA) is 34.0 Å². The van der Waals surface area contributed by atoms with E-state index in [1.807, 2.05) is 53.2 Å². The Morgan fingerprint density at radius 1 is 0.893 bits per heavy atom. The fourth-order valence-corrected chi connectivity index (χ4v) is 4.11. The van der Waals surface area contributed by atoms with E-state index >= 15 is 0 Å². The number of fused-ring (bicyclic) bond motifs is 1. The summed E-state index contributed by atoms with van der Waals surface area (Å²) in [6.45, 7) is 3.10. The largest absolute Gasteiger partial charge is 0.299 e. The Hall–Kier alpha value is -2.69. The summed E-state index contributed by atoms with van der Waals surface area (Å²) in [7, 11) is 0. The SMILES string of the molecule is Clc1nc2c(cc1CN1CCCC1)c(-c1ccccc1)nn2-c1ccccc1. The summed E-state index contributed by atoms with van der Waals surface area (Å²) >= 11 is 6.62. The number of benzene rings is 2. The molecule has 28 heavy (non-hydrogen) atoms. The first kappa shape index (κ1) is 17.4. The zero-order valence-corrected chi connectivity index (χ0v) is 16.3. The number of halogens is 1. The molecule has 0 spiro atoms. The number of hydrogen-bond donors (Lipinski definition) is 0. The van der Waals surface area contributed by atoms with Gasteiger partial charge in [0.15, 0.2) is 5.65 Å². The van der Waals surface area contributed by atoms with E-state index in [9.17, 15) is 0 Å². The van der Waals surface area contributed by atoms with E-state index in [0.717, 1.165) is 53.2 Å². The third-order valence-corrected chi connectivity index (χ3v) is 5.65. The van der Waals surface area contributed by atoms with Crippen molar-refractivity contribution in [1.29, 1.82) is 0 Å². The summed E-state index contributed by atoms with van der Waals surface area (Å²) in [5, 5.41) is 6.53. The van der Waals surface area contributed by atoms with Gasteiger partial charge in [0.2, 0.25) is 0 Å². The maximum Gasteiger partial charge on any atom is 0.165 e. The number of likely N-dealkylation sites (tertiary alicyclic amines) is 1. The maximum atomic E-state index is 6.62. The van der Waals surface area contributed by atoms with Gasteiger partial charge < -0.3 is 0 Å². The number of pyridine rings is 1. The fraction of sp³-hybridized carbons (Fsp3) is 0.217. The molecule has 0 N–H and O–H groups in total. The van der Waals surface area contributed by atoms with Crippen molar-refractivity contribution < 1.29 is 0 Å². The van der Waals surface area contributed by atoms with Crippen molar-refractivity contribution in [2.24, 2.45) is 0 Å². The second kappa shape index (κ2) is 7.38. The van der Waals surface area contributed by atoms with Crippen LogP contribution in [0.25, 0.3) is 28.0 Å². The lowest BCUT2D eigenvalue weighted by Crippen LogP contribution is -2.18. The summed E-state index contributed by atoms with van der Waals surface area (Å²) in [6, 6.07) is 22.5. The van der Waals surface area contributed by atoms with Crippen LogP contribution in [-0.2, 0) is 6.54 Å². The molecule has 0 radical (unpaired) electrons. The smallest absolute Gasteiger partial charge is 0.165 e. The average molecular weight is 389 g/mol. The van der Waals surface area contributed by atoms with Crippen molar-refractivity contribution >= 4 is 22.6 Å². The molecule has 0 amide bonds. The van der Waals surface area contributed by atoms with E-state index < -0.39 is 0 Å². The molecule has 140 valence electrons. The molecule has 4 aromatic rings. The Morgan fingerprint density at radius 2 is 1.57 bits per heavy atom. The molecule has 3 heterocycles. The highest BCUT2D eigenvalue weighted by Crippen LogP contribution is 2.32. The van der Waals surface area contributed by atoms with Crippen LogP contribution in [0.1, 0.15) is 18.4 Å². The summed E-state index contributed by atoms with van der Waals surface area (Å²) in [5.41, 5.74) is 4.86. The number of rotatable bonds is 4. The van der Waals surface area contributed by atoms with Gasteiger partial charge in [-0.15, -0.1) is 0 Å². The summed E-state index contributed by atoms with van der Waals surface area (Å²) < 4.78 is 1.89. The molecule has 1 aliphatic heterocycles. The Morgan fingerprint density at radius 3 is 2.29 bits per heavy atom. The van der Waals surface area contributed by atoms with Crippen LogP contribution in [0.15, 0.2) is 66.7 Å². The van der Waals surface area contributed by atoms with Gasteiger partial charge in [0.25, 0.3) is 0 Å². The molecular weight excluding hydrogens is 368 g/mol. The van der Waals surface area contributed by atoms with Gasteiger partial charge in [-0.05, 0) is 44.1 Å². The summed E-state index contributed by atoms with van der Waals surface area (Å²) in [6.07, 6.45) is 2.52. The van der Waals surface area contributed by atoms with Crippen LogP contribution in [0, 0.1) is 0 Å². The molecule has 0 aliphatic carbocycles. The first-order valence-electron chi connectivity index (χ1n) is 9.71. The number of nitrogens with zero attached hydrogens (tertiary/aromatic N) is 4. The van der Waals surface area contributed by atoms with Crippen LogP contribution < -0.4 is 0 Å². The monoisotopic (exact) mass is 388 g/mol. The minimum atomic E-state index is 0.566. The lowest BCUT2D eigenvalue weighted by molar-refractivity contribution is 0.331. The Kier molecular flexibility index (Phi) is 4.59. The second-order valence-corrected chi connectivity index (χ2v) is 7.61. The van der Waals surface area contributed by atoms with E-state index in [2.05, 4.69) is 23.1 Å². The lowest BCUT2D eigenvalue weighted by atomic mass is 10.1. The third kappa shape index (κ3) is 3.19. The van der Waals surface area contributed by atoms with Crippen molar-refractivity contribution in [2.45, 2.75) is 19.4 Å². The van der Waals surface area contributed by atoms with Gasteiger partial charge in [-0.25, -0.2) is 9.67 Å². The van der Waals surface area contributed by atoms with Crippen LogP contribution in [0.3, 0.4) is 0 Å². The van der Waals surface area contributed by atoms with Crippen LogP contribution in [-0.4, -0.2) is 32.8 Å². The molecule has 2 aromatic carbocycles. The third-order valence-electron chi connectivity index (χ3n) is 5.32. The molecule has 1 aliphatic rings. The Balaban J connectivity index is 1.70. The van der Waals surface area contributed by atoms with E-state index in [1.54, 1.807) is 0 Å². The first-order chi connectivity index (χ1) is 13.8. The molecule has 1 fully saturated rings. The highest BCUT2D eigenvalue weighted by Gasteiger charge is 2.20. The predicted molar refractivity (Wildman–Crippen MR) is 114 cm³/mol. The van der Waals surface area contributed by atoms with Gasteiger partial charge in [-0.3, -0.25) is 4.90 Å². The summed E-state index contributed by atoms with van der Waals surface area (Å²) in [4.78, 5) is 7.22. The van der Waals surface area contributed by atoms with Crippen molar-refractivity contribution in [3.05, 3.63) is 77.4 Å². The fourth-order valence-electron chi connectivity index (χ4n) is 3.91. The Bertz CT molecular complexity index is 1100. The molecule has 1 saturated heterocycles. The Labute approximate surface area is 169 Å². The predicted octanol–water partition coefficient (Wildman–Crippen LogP) is 5.34. The number of para-hydroxylation sites is 1. The van der Waals surface area contributed by atoms with Crippen molar-refractivity contribution in [2.75, 3.05) is 13.1 Å². The zero-order chi connectivity index (χ0) is 18.9. The van der Waals surface area contributed by atoms with Gasteiger partial charge in [0.05, 0.1) is 5.69 Å². The van der Waals surface area contributed by atoms with Gasteiger partial charge in [0, 0.05) is 23.1 Å². The van der Waals surface area contributed by atoms with Crippen molar-refractivity contribution in [1.82, 2.24) is 19.7 Å². The van der Waals surface area contributed by atoms with Crippen molar-refractivity contribution in [3.63, 3.8) is 0 Å². The van der Waals surface area contributed by atoms with Crippen molar-refractivity contribution in [3.8, 4) is 16.9 Å². The summed E-state index contributed by atoms with van der Waals surface area (Å²) in [5.74, 6) is 0. The maximum absolute atomic E-state index is 6.62. The molecular formula is C23H21ClN4. The number of hydrogen-bond acceptors (Lipinski definition) is 3. The molecule has 5 heteroatoms. The minimum Gasteiger partial charge on any atom is -0.299 e. The number of aromatic nitrogens is 3. The minimum absolute atomic E-state index is 0.566. The molecule has 0 saturated carbocycles. The highest BCUT2D eigenvalue weighted by atomic mass is 35.5. The average Bonchev–Trinajstić information content (AvgIpc) is 3.38. The van der Waals surface area contributed by atoms with Crippen LogP contribution in [0.2, 0.25) is 5.15 Å². The van der Waals surface area contributed by atoms with Gasteiger partial charge in [0.1, 0.15) is 10.8 Å². The lowest BCUT2D eigenvalue weighted by Gasteiger charge is -2.15. The first-order valence-corrected chi connectivity index (χ1v) is 10.1. The molecule has 0 bridgehead atoms. The quantitative estimate of drug-likeness (QED) is 0.443. The van der Waals surface area contributed by atoms with Crippen LogP contribution >= 0.6 is 11.6 Å². The molecule has 5 rings (SSSR count). The van der Waals surface area contributed by atoms with Gasteiger partial charge >= 0.3 is 0 Å². The second-order valence-electron chi connectivity index (χ2n) is 7.25.